The Bertz CT molecular complexity index is 505. The zero-order chi connectivity index (χ0) is 15.0. The zero-order valence-corrected chi connectivity index (χ0v) is 12.1. The van der Waals surface area contributed by atoms with E-state index in [0.29, 0.717) is 12.2 Å². The standard InChI is InChI=1S/C14H21N3O3/c1-13(2,3)20-12(18)17-8-14(19,9-17)7-10-5-4-6-16-11(10)15/h4-6,19H,7-9H2,1-3H3,(H2,15,16). The minimum Gasteiger partial charge on any atom is -0.444 e. The van der Waals surface area contributed by atoms with Crippen LogP contribution >= 0.6 is 0 Å². The van der Waals surface area contributed by atoms with Crippen LogP contribution in [0.5, 0.6) is 0 Å². The van der Waals surface area contributed by atoms with E-state index in [-0.39, 0.29) is 13.1 Å². The fourth-order valence-corrected chi connectivity index (χ4v) is 2.19. The zero-order valence-electron chi connectivity index (χ0n) is 12.1. The molecule has 110 valence electrons. The molecule has 1 aliphatic heterocycles. The fraction of sp³-hybridized carbons (Fsp3) is 0.571. The van der Waals surface area contributed by atoms with Gasteiger partial charge in [0.1, 0.15) is 17.0 Å². The first kappa shape index (κ1) is 14.6. The molecule has 1 aliphatic rings. The molecule has 2 rings (SSSR count). The van der Waals surface area contributed by atoms with Crippen molar-refractivity contribution in [1.29, 1.82) is 0 Å². The van der Waals surface area contributed by atoms with Crippen molar-refractivity contribution < 1.29 is 14.6 Å². The number of β-amino-alcohol motifs (C(OH)–C–C–N with tert-alkyl or cyclic N) is 1. The highest BCUT2D eigenvalue weighted by molar-refractivity contribution is 5.69. The van der Waals surface area contributed by atoms with E-state index >= 15 is 0 Å². The van der Waals surface area contributed by atoms with Crippen LogP contribution in [0.3, 0.4) is 0 Å². The minimum atomic E-state index is -0.950. The van der Waals surface area contributed by atoms with Gasteiger partial charge in [0.25, 0.3) is 0 Å². The molecular formula is C14H21N3O3. The number of nitrogen functional groups attached to an aromatic ring is 1. The summed E-state index contributed by atoms with van der Waals surface area (Å²) in [6.45, 7) is 5.93. The van der Waals surface area contributed by atoms with Gasteiger partial charge in [-0.2, -0.15) is 0 Å². The molecule has 3 N–H and O–H groups in total. The predicted octanol–water partition coefficient (Wildman–Crippen LogP) is 1.19. The van der Waals surface area contributed by atoms with Crippen molar-refractivity contribution in [2.45, 2.75) is 38.4 Å². The van der Waals surface area contributed by atoms with E-state index < -0.39 is 17.3 Å². The summed E-state index contributed by atoms with van der Waals surface area (Å²) >= 11 is 0. The SMILES string of the molecule is CC(C)(C)OC(=O)N1CC(O)(Cc2cccnc2N)C1. The molecule has 0 unspecified atom stereocenters. The Morgan fingerprint density at radius 3 is 2.75 bits per heavy atom. The van der Waals surface area contributed by atoms with E-state index in [2.05, 4.69) is 4.98 Å². The molecule has 0 atom stereocenters. The lowest BCUT2D eigenvalue weighted by atomic mass is 9.87. The quantitative estimate of drug-likeness (QED) is 0.849. The molecule has 1 aromatic rings. The molecule has 0 aromatic carbocycles. The maximum atomic E-state index is 11.8. The van der Waals surface area contributed by atoms with Gasteiger partial charge < -0.3 is 20.5 Å². The number of hydrogen-bond acceptors (Lipinski definition) is 5. The smallest absolute Gasteiger partial charge is 0.410 e. The number of anilines is 1. The maximum Gasteiger partial charge on any atom is 0.410 e. The van der Waals surface area contributed by atoms with E-state index in [9.17, 15) is 9.90 Å². The molecule has 0 saturated carbocycles. The van der Waals surface area contributed by atoms with Crippen molar-refractivity contribution in [1.82, 2.24) is 9.88 Å². The van der Waals surface area contributed by atoms with E-state index in [1.807, 2.05) is 26.8 Å². The first-order chi connectivity index (χ1) is 9.19. The van der Waals surface area contributed by atoms with Crippen LogP contribution in [0.25, 0.3) is 0 Å². The molecule has 0 spiro atoms. The average molecular weight is 279 g/mol. The summed E-state index contributed by atoms with van der Waals surface area (Å²) in [7, 11) is 0. The number of likely N-dealkylation sites (tertiary alicyclic amines) is 1. The lowest BCUT2D eigenvalue weighted by molar-refractivity contribution is -0.0973. The molecule has 0 aliphatic carbocycles. The Morgan fingerprint density at radius 2 is 2.20 bits per heavy atom. The van der Waals surface area contributed by atoms with Gasteiger partial charge in [-0.3, -0.25) is 0 Å². The number of hydrogen-bond donors (Lipinski definition) is 2. The van der Waals surface area contributed by atoms with E-state index in [0.717, 1.165) is 5.56 Å². The summed E-state index contributed by atoms with van der Waals surface area (Å²) in [6.07, 6.45) is 1.59. The van der Waals surface area contributed by atoms with Crippen LogP contribution in [-0.4, -0.2) is 45.4 Å². The van der Waals surface area contributed by atoms with Crippen LogP contribution in [0.2, 0.25) is 0 Å². The highest BCUT2D eigenvalue weighted by atomic mass is 16.6. The van der Waals surface area contributed by atoms with Crippen molar-refractivity contribution in [3.63, 3.8) is 0 Å². The summed E-state index contributed by atoms with van der Waals surface area (Å²) in [6, 6.07) is 3.61. The van der Waals surface area contributed by atoms with Crippen molar-refractivity contribution in [3.8, 4) is 0 Å². The van der Waals surface area contributed by atoms with Crippen LogP contribution in [-0.2, 0) is 11.2 Å². The third-order valence-electron chi connectivity index (χ3n) is 3.07. The Kier molecular flexibility index (Phi) is 3.60. The van der Waals surface area contributed by atoms with Gasteiger partial charge in [-0.25, -0.2) is 9.78 Å². The van der Waals surface area contributed by atoms with Gasteiger partial charge in [0.2, 0.25) is 0 Å². The number of rotatable bonds is 2. The van der Waals surface area contributed by atoms with Crippen molar-refractivity contribution in [2.24, 2.45) is 0 Å². The number of nitrogens with two attached hydrogens (primary N) is 1. The molecular weight excluding hydrogens is 258 g/mol. The molecule has 0 bridgehead atoms. The molecule has 1 fully saturated rings. The molecule has 1 aromatic heterocycles. The monoisotopic (exact) mass is 279 g/mol. The Morgan fingerprint density at radius 1 is 1.55 bits per heavy atom. The minimum absolute atomic E-state index is 0.246. The second-order valence-electron chi connectivity index (χ2n) is 6.29. The number of carbonyl (C=O) groups excluding carboxylic acids is 1. The van der Waals surface area contributed by atoms with E-state index in [1.165, 1.54) is 4.90 Å². The summed E-state index contributed by atoms with van der Waals surface area (Å²) < 4.78 is 5.25. The second kappa shape index (κ2) is 4.94. The highest BCUT2D eigenvalue weighted by Crippen LogP contribution is 2.28. The molecule has 2 heterocycles. The van der Waals surface area contributed by atoms with Crippen LogP contribution in [0.4, 0.5) is 10.6 Å². The second-order valence-corrected chi connectivity index (χ2v) is 6.29. The predicted molar refractivity (Wildman–Crippen MR) is 75.1 cm³/mol. The summed E-state index contributed by atoms with van der Waals surface area (Å²) in [5, 5.41) is 10.4. The number of pyridine rings is 1. The van der Waals surface area contributed by atoms with Crippen LogP contribution in [0.1, 0.15) is 26.3 Å². The Hall–Kier alpha value is -1.82. The summed E-state index contributed by atoms with van der Waals surface area (Å²) in [4.78, 5) is 17.3. The third-order valence-corrected chi connectivity index (χ3v) is 3.07. The molecule has 6 heteroatoms. The topological polar surface area (TPSA) is 88.7 Å². The van der Waals surface area contributed by atoms with Crippen LogP contribution in [0, 0.1) is 0 Å². The Labute approximate surface area is 118 Å². The number of aromatic nitrogens is 1. The van der Waals surface area contributed by atoms with Gasteiger partial charge in [-0.15, -0.1) is 0 Å². The number of carbonyl (C=O) groups is 1. The normalized spacial score (nSPS) is 17.5. The van der Waals surface area contributed by atoms with E-state index in [1.54, 1.807) is 12.3 Å². The van der Waals surface area contributed by atoms with Gasteiger partial charge >= 0.3 is 6.09 Å². The van der Waals surface area contributed by atoms with Crippen molar-refractivity contribution in [2.75, 3.05) is 18.8 Å². The third kappa shape index (κ3) is 3.39. The van der Waals surface area contributed by atoms with Crippen molar-refractivity contribution in [3.05, 3.63) is 23.9 Å². The highest BCUT2D eigenvalue weighted by Gasteiger charge is 2.45. The number of aliphatic hydroxyl groups is 1. The summed E-state index contributed by atoms with van der Waals surface area (Å²) in [5.74, 6) is 0.414. The molecule has 1 saturated heterocycles. The van der Waals surface area contributed by atoms with Gasteiger partial charge in [0, 0.05) is 12.6 Å². The van der Waals surface area contributed by atoms with Crippen LogP contribution in [0.15, 0.2) is 18.3 Å². The van der Waals surface area contributed by atoms with Gasteiger partial charge in [0.15, 0.2) is 0 Å². The molecule has 6 nitrogen and oxygen atoms in total. The van der Waals surface area contributed by atoms with Crippen LogP contribution < -0.4 is 5.73 Å². The van der Waals surface area contributed by atoms with Crippen molar-refractivity contribution >= 4 is 11.9 Å². The first-order valence-electron chi connectivity index (χ1n) is 6.58. The number of nitrogens with zero attached hydrogens (tertiary/aromatic N) is 2. The fourth-order valence-electron chi connectivity index (χ4n) is 2.19. The number of ether oxygens (including phenoxy) is 1. The first-order valence-corrected chi connectivity index (χ1v) is 6.58. The lowest BCUT2D eigenvalue weighted by Crippen LogP contribution is -2.65. The van der Waals surface area contributed by atoms with Gasteiger partial charge in [-0.1, -0.05) is 6.07 Å². The summed E-state index contributed by atoms with van der Waals surface area (Å²) in [5.41, 5.74) is 5.07. The molecule has 0 radical (unpaired) electrons. The average Bonchev–Trinajstić information content (AvgIpc) is 2.26. The maximum absolute atomic E-state index is 11.8. The Balaban J connectivity index is 1.91. The van der Waals surface area contributed by atoms with E-state index in [4.69, 9.17) is 10.5 Å². The largest absolute Gasteiger partial charge is 0.444 e. The lowest BCUT2D eigenvalue weighted by Gasteiger charge is -2.46. The van der Waals surface area contributed by atoms with Gasteiger partial charge in [0.05, 0.1) is 13.1 Å². The molecule has 1 amide bonds. The van der Waals surface area contributed by atoms with Gasteiger partial charge in [-0.05, 0) is 32.4 Å². The number of amides is 1. The molecule has 20 heavy (non-hydrogen) atoms.